The van der Waals surface area contributed by atoms with Gasteiger partial charge in [-0.1, -0.05) is 57.2 Å². The molecule has 0 aliphatic heterocycles. The van der Waals surface area contributed by atoms with Gasteiger partial charge in [-0.2, -0.15) is 0 Å². The highest BCUT2D eigenvalue weighted by atomic mass is 79.9. The molecule has 6 heteroatoms. The van der Waals surface area contributed by atoms with Crippen LogP contribution < -0.4 is 5.73 Å². The molecule has 3 nitrogen and oxygen atoms in total. The number of halogens is 1. The molecule has 2 aromatic rings. The van der Waals surface area contributed by atoms with Crippen molar-refractivity contribution in [1.29, 1.82) is 0 Å². The molecular formula is C12H14BrN3S2. The highest BCUT2D eigenvalue weighted by Gasteiger charge is 2.21. The number of aromatic nitrogens is 2. The van der Waals surface area contributed by atoms with Gasteiger partial charge in [-0.15, -0.1) is 10.2 Å². The lowest BCUT2D eigenvalue weighted by Gasteiger charge is -2.20. The van der Waals surface area contributed by atoms with Crippen molar-refractivity contribution in [1.82, 2.24) is 10.2 Å². The zero-order valence-electron chi connectivity index (χ0n) is 10.1. The first-order chi connectivity index (χ1) is 8.58. The average Bonchev–Trinajstić information content (AvgIpc) is 2.73. The number of benzene rings is 1. The molecule has 0 saturated carbocycles. The van der Waals surface area contributed by atoms with Gasteiger partial charge in [0.15, 0.2) is 4.34 Å². The number of thioether (sulfide) groups is 1. The van der Waals surface area contributed by atoms with E-state index in [-0.39, 0.29) is 11.3 Å². The number of nitrogens with two attached hydrogens (primary N) is 1. The van der Waals surface area contributed by atoms with Crippen LogP contribution in [-0.2, 0) is 0 Å². The number of rotatable bonds is 4. The molecular weight excluding hydrogens is 330 g/mol. The van der Waals surface area contributed by atoms with Gasteiger partial charge in [0, 0.05) is 10.5 Å². The minimum Gasteiger partial charge on any atom is -0.327 e. The van der Waals surface area contributed by atoms with Crippen LogP contribution >= 0.6 is 39.0 Å². The van der Waals surface area contributed by atoms with E-state index in [2.05, 4.69) is 32.2 Å². The first-order valence-electron chi connectivity index (χ1n) is 5.54. The molecule has 2 atom stereocenters. The third-order valence-electron chi connectivity index (χ3n) is 2.42. The van der Waals surface area contributed by atoms with Crippen LogP contribution in [-0.4, -0.2) is 16.2 Å². The Hall–Kier alpha value is -0.430. The second-order valence-electron chi connectivity index (χ2n) is 4.01. The zero-order valence-corrected chi connectivity index (χ0v) is 13.3. The molecule has 1 heterocycles. The smallest absolute Gasteiger partial charge is 0.174 e. The quantitative estimate of drug-likeness (QED) is 0.858. The van der Waals surface area contributed by atoms with E-state index in [4.69, 9.17) is 5.73 Å². The van der Waals surface area contributed by atoms with Crippen LogP contribution in [0.3, 0.4) is 0 Å². The van der Waals surface area contributed by atoms with Gasteiger partial charge in [-0.05, 0) is 25.5 Å². The fourth-order valence-corrected chi connectivity index (χ4v) is 4.41. The Balaban J connectivity index is 2.27. The summed E-state index contributed by atoms with van der Waals surface area (Å²) in [5.41, 5.74) is 7.31. The highest BCUT2D eigenvalue weighted by Crippen LogP contribution is 2.40. The third-order valence-corrected chi connectivity index (χ3v) is 5.54. The van der Waals surface area contributed by atoms with Crippen LogP contribution in [0.1, 0.15) is 22.7 Å². The Morgan fingerprint density at radius 2 is 2.06 bits per heavy atom. The zero-order chi connectivity index (χ0) is 13.1. The van der Waals surface area contributed by atoms with Crippen molar-refractivity contribution in [3.05, 3.63) is 39.3 Å². The van der Waals surface area contributed by atoms with Gasteiger partial charge in [0.1, 0.15) is 5.01 Å². The first kappa shape index (κ1) is 14.0. The summed E-state index contributed by atoms with van der Waals surface area (Å²) in [7, 11) is 0. The SMILES string of the molecule is Cc1nnc(SC(c2ccccc2Br)C(C)N)s1. The van der Waals surface area contributed by atoms with Gasteiger partial charge in [0.05, 0.1) is 5.25 Å². The Kier molecular flexibility index (Phi) is 4.77. The van der Waals surface area contributed by atoms with E-state index in [0.717, 1.165) is 13.8 Å². The van der Waals surface area contributed by atoms with E-state index in [1.807, 2.05) is 32.0 Å². The largest absolute Gasteiger partial charge is 0.327 e. The van der Waals surface area contributed by atoms with E-state index in [1.165, 1.54) is 5.56 Å². The molecule has 2 N–H and O–H groups in total. The lowest BCUT2D eigenvalue weighted by atomic mass is 10.1. The standard InChI is InChI=1S/C12H14BrN3S2/c1-7(14)11(9-5-3-4-6-10(9)13)18-12-16-15-8(2)17-12/h3-7,11H,14H2,1-2H3. The molecule has 0 aliphatic rings. The normalized spacial score (nSPS) is 14.4. The number of hydrogen-bond donors (Lipinski definition) is 1. The van der Waals surface area contributed by atoms with Crippen LogP contribution in [0, 0.1) is 6.92 Å². The minimum absolute atomic E-state index is 0.0397. The second-order valence-corrected chi connectivity index (χ2v) is 7.43. The summed E-state index contributed by atoms with van der Waals surface area (Å²) >= 11 is 6.86. The van der Waals surface area contributed by atoms with Gasteiger partial charge in [0.25, 0.3) is 0 Å². The average molecular weight is 344 g/mol. The predicted octanol–water partition coefficient (Wildman–Crippen LogP) is 3.79. The van der Waals surface area contributed by atoms with Gasteiger partial charge in [-0.3, -0.25) is 0 Å². The fraction of sp³-hybridized carbons (Fsp3) is 0.333. The number of hydrogen-bond acceptors (Lipinski definition) is 5. The molecule has 0 bridgehead atoms. The maximum absolute atomic E-state index is 6.11. The first-order valence-corrected chi connectivity index (χ1v) is 8.03. The molecule has 0 radical (unpaired) electrons. The minimum atomic E-state index is 0.0397. The van der Waals surface area contributed by atoms with Gasteiger partial charge in [-0.25, -0.2) is 0 Å². The lowest BCUT2D eigenvalue weighted by Crippen LogP contribution is -2.22. The van der Waals surface area contributed by atoms with Crippen molar-refractivity contribution >= 4 is 39.0 Å². The van der Waals surface area contributed by atoms with E-state index in [9.17, 15) is 0 Å². The van der Waals surface area contributed by atoms with Gasteiger partial charge in [0.2, 0.25) is 0 Å². The Bertz CT molecular complexity index is 528. The van der Waals surface area contributed by atoms with E-state index in [0.29, 0.717) is 0 Å². The molecule has 1 aromatic heterocycles. The van der Waals surface area contributed by atoms with E-state index in [1.54, 1.807) is 23.1 Å². The van der Waals surface area contributed by atoms with Crippen LogP contribution in [0.5, 0.6) is 0 Å². The van der Waals surface area contributed by atoms with E-state index < -0.39 is 0 Å². The molecule has 0 fully saturated rings. The van der Waals surface area contributed by atoms with Crippen LogP contribution in [0.15, 0.2) is 33.1 Å². The molecule has 0 spiro atoms. The number of nitrogens with zero attached hydrogens (tertiary/aromatic N) is 2. The summed E-state index contributed by atoms with van der Waals surface area (Å²) in [5.74, 6) is 0. The van der Waals surface area contributed by atoms with Crippen molar-refractivity contribution < 1.29 is 0 Å². The van der Waals surface area contributed by atoms with Crippen molar-refractivity contribution in [3.8, 4) is 0 Å². The summed E-state index contributed by atoms with van der Waals surface area (Å²) < 4.78 is 2.05. The molecule has 1 aromatic carbocycles. The third kappa shape index (κ3) is 3.32. The molecule has 0 aliphatic carbocycles. The Morgan fingerprint density at radius 3 is 2.61 bits per heavy atom. The fourth-order valence-electron chi connectivity index (χ4n) is 1.59. The molecule has 18 heavy (non-hydrogen) atoms. The number of aryl methyl sites for hydroxylation is 1. The summed E-state index contributed by atoms with van der Waals surface area (Å²) in [6, 6.07) is 8.21. The second kappa shape index (κ2) is 6.14. The van der Waals surface area contributed by atoms with Crippen molar-refractivity contribution in [2.45, 2.75) is 29.5 Å². The monoisotopic (exact) mass is 343 g/mol. The van der Waals surface area contributed by atoms with Gasteiger partial charge >= 0.3 is 0 Å². The summed E-state index contributed by atoms with van der Waals surface area (Å²) in [4.78, 5) is 0. The molecule has 2 unspecified atom stereocenters. The molecule has 0 saturated heterocycles. The van der Waals surface area contributed by atoms with E-state index >= 15 is 0 Å². The Labute approximate surface area is 123 Å². The van der Waals surface area contributed by atoms with Crippen LogP contribution in [0.2, 0.25) is 0 Å². The molecule has 0 amide bonds. The maximum Gasteiger partial charge on any atom is 0.174 e. The van der Waals surface area contributed by atoms with Gasteiger partial charge < -0.3 is 5.73 Å². The van der Waals surface area contributed by atoms with Crippen molar-refractivity contribution in [2.24, 2.45) is 5.73 Å². The van der Waals surface area contributed by atoms with Crippen molar-refractivity contribution in [2.75, 3.05) is 0 Å². The summed E-state index contributed by atoms with van der Waals surface area (Å²) in [6.45, 7) is 3.98. The van der Waals surface area contributed by atoms with Crippen LogP contribution in [0.4, 0.5) is 0 Å². The van der Waals surface area contributed by atoms with Crippen molar-refractivity contribution in [3.63, 3.8) is 0 Å². The molecule has 2 rings (SSSR count). The predicted molar refractivity (Wildman–Crippen MR) is 81.0 cm³/mol. The Morgan fingerprint density at radius 1 is 1.33 bits per heavy atom. The summed E-state index contributed by atoms with van der Waals surface area (Å²) in [5, 5.41) is 9.35. The van der Waals surface area contributed by atoms with Crippen LogP contribution in [0.25, 0.3) is 0 Å². The summed E-state index contributed by atoms with van der Waals surface area (Å²) in [6.07, 6.45) is 0. The molecule has 96 valence electrons. The lowest BCUT2D eigenvalue weighted by molar-refractivity contribution is 0.718. The highest BCUT2D eigenvalue weighted by molar-refractivity contribution is 9.10. The maximum atomic E-state index is 6.11. The topological polar surface area (TPSA) is 51.8 Å².